The highest BCUT2D eigenvalue weighted by atomic mass is 16.3. The lowest BCUT2D eigenvalue weighted by Gasteiger charge is -2.26. The van der Waals surface area contributed by atoms with Crippen LogP contribution >= 0.6 is 0 Å². The Morgan fingerprint density at radius 1 is 1.29 bits per heavy atom. The number of likely N-dealkylation sites (N-methyl/N-ethyl adjacent to an activating group) is 2. The second-order valence-electron chi connectivity index (χ2n) is 4.25. The molecular weight excluding hydrogens is 218 g/mol. The fourth-order valence-corrected chi connectivity index (χ4v) is 1.76. The van der Waals surface area contributed by atoms with Crippen LogP contribution < -0.4 is 5.32 Å². The number of carbonyl (C=O) groups is 1. The van der Waals surface area contributed by atoms with Gasteiger partial charge in [0.05, 0.1) is 6.10 Å². The number of aliphatic hydroxyl groups is 1. The Hall–Kier alpha value is -0.650. The van der Waals surface area contributed by atoms with Crippen molar-refractivity contribution in [2.24, 2.45) is 0 Å². The first-order valence-electron chi connectivity index (χ1n) is 6.42. The van der Waals surface area contributed by atoms with Gasteiger partial charge in [0, 0.05) is 26.2 Å². The van der Waals surface area contributed by atoms with Crippen LogP contribution in [-0.2, 0) is 4.79 Å². The summed E-state index contributed by atoms with van der Waals surface area (Å²) in [7, 11) is 1.85. The number of rotatable bonds is 11. The van der Waals surface area contributed by atoms with Crippen molar-refractivity contribution in [2.45, 2.75) is 26.4 Å². The quantitative estimate of drug-likeness (QED) is 0.493. The second-order valence-corrected chi connectivity index (χ2v) is 4.25. The smallest absolute Gasteiger partial charge is 0.209 e. The lowest BCUT2D eigenvalue weighted by Crippen LogP contribution is -2.41. The zero-order valence-corrected chi connectivity index (χ0v) is 11.4. The van der Waals surface area contributed by atoms with Crippen LogP contribution in [0.4, 0.5) is 0 Å². The van der Waals surface area contributed by atoms with Crippen LogP contribution in [0.25, 0.3) is 0 Å². The number of amides is 1. The fraction of sp³-hybridized carbons (Fsp3) is 0.917. The van der Waals surface area contributed by atoms with Crippen molar-refractivity contribution in [3.63, 3.8) is 0 Å². The molecule has 1 atom stereocenters. The van der Waals surface area contributed by atoms with E-state index < -0.39 is 6.10 Å². The molecule has 0 spiro atoms. The molecule has 0 aromatic carbocycles. The Morgan fingerprint density at radius 3 is 2.47 bits per heavy atom. The maximum absolute atomic E-state index is 10.8. The molecular formula is C12H27N3O2. The van der Waals surface area contributed by atoms with Gasteiger partial charge in [0.2, 0.25) is 6.41 Å². The number of aliphatic hydroxyl groups excluding tert-OH is 1. The Labute approximate surface area is 105 Å². The number of hydrogen-bond donors (Lipinski definition) is 2. The number of hydrogen-bond acceptors (Lipinski definition) is 4. The van der Waals surface area contributed by atoms with Crippen LogP contribution in [0.2, 0.25) is 0 Å². The van der Waals surface area contributed by atoms with Gasteiger partial charge < -0.3 is 20.2 Å². The first-order valence-corrected chi connectivity index (χ1v) is 6.42. The van der Waals surface area contributed by atoms with Gasteiger partial charge in [-0.3, -0.25) is 4.79 Å². The molecule has 0 saturated carbocycles. The van der Waals surface area contributed by atoms with E-state index in [1.807, 2.05) is 7.05 Å². The minimum atomic E-state index is -0.469. The lowest BCUT2D eigenvalue weighted by molar-refractivity contribution is -0.119. The zero-order chi connectivity index (χ0) is 13.1. The largest absolute Gasteiger partial charge is 0.390 e. The Balaban J connectivity index is 3.94. The number of nitrogens with zero attached hydrogens (tertiary/aromatic N) is 2. The molecule has 2 N–H and O–H groups in total. The van der Waals surface area contributed by atoms with Crippen molar-refractivity contribution in [2.75, 3.05) is 46.3 Å². The van der Waals surface area contributed by atoms with E-state index in [2.05, 4.69) is 24.1 Å². The van der Waals surface area contributed by atoms with Gasteiger partial charge in [0.1, 0.15) is 0 Å². The molecule has 5 heteroatoms. The van der Waals surface area contributed by atoms with E-state index in [1.165, 1.54) is 0 Å². The average Bonchev–Trinajstić information content (AvgIpc) is 2.33. The van der Waals surface area contributed by atoms with Crippen LogP contribution in [-0.4, -0.2) is 73.7 Å². The summed E-state index contributed by atoms with van der Waals surface area (Å²) >= 11 is 0. The van der Waals surface area contributed by atoms with E-state index in [0.717, 1.165) is 32.5 Å². The second kappa shape index (κ2) is 10.5. The lowest BCUT2D eigenvalue weighted by atomic mass is 10.3. The predicted octanol–water partition coefficient (Wildman–Crippen LogP) is -0.243. The molecule has 0 saturated heterocycles. The maximum Gasteiger partial charge on any atom is 0.209 e. The molecule has 1 unspecified atom stereocenters. The van der Waals surface area contributed by atoms with Crippen molar-refractivity contribution in [1.82, 2.24) is 15.1 Å². The first-order chi connectivity index (χ1) is 8.17. The normalized spacial score (nSPS) is 12.8. The Kier molecular flexibility index (Phi) is 10.1. The van der Waals surface area contributed by atoms with Crippen molar-refractivity contribution in [1.29, 1.82) is 0 Å². The SMILES string of the molecule is CCCN(CC)CC(O)CN(C=O)CCNC. The molecule has 1 amide bonds. The van der Waals surface area contributed by atoms with Gasteiger partial charge in [-0.25, -0.2) is 0 Å². The Morgan fingerprint density at radius 2 is 2.00 bits per heavy atom. The summed E-state index contributed by atoms with van der Waals surface area (Å²) in [5.74, 6) is 0. The molecule has 0 fully saturated rings. The van der Waals surface area contributed by atoms with E-state index in [9.17, 15) is 9.90 Å². The van der Waals surface area contributed by atoms with Gasteiger partial charge in [0.15, 0.2) is 0 Å². The minimum Gasteiger partial charge on any atom is -0.390 e. The monoisotopic (exact) mass is 245 g/mol. The topological polar surface area (TPSA) is 55.8 Å². The van der Waals surface area contributed by atoms with Crippen molar-refractivity contribution in [3.05, 3.63) is 0 Å². The highest BCUT2D eigenvalue weighted by Crippen LogP contribution is 1.97. The molecule has 0 bridgehead atoms. The van der Waals surface area contributed by atoms with Gasteiger partial charge >= 0.3 is 0 Å². The van der Waals surface area contributed by atoms with Crippen molar-refractivity contribution in [3.8, 4) is 0 Å². The third-order valence-electron chi connectivity index (χ3n) is 2.70. The van der Waals surface area contributed by atoms with E-state index in [-0.39, 0.29) is 0 Å². The van der Waals surface area contributed by atoms with Crippen LogP contribution in [0.5, 0.6) is 0 Å². The summed E-state index contributed by atoms with van der Waals surface area (Å²) in [5.41, 5.74) is 0. The summed E-state index contributed by atoms with van der Waals surface area (Å²) in [6.45, 7) is 8.56. The van der Waals surface area contributed by atoms with E-state index in [4.69, 9.17) is 0 Å². The van der Waals surface area contributed by atoms with Gasteiger partial charge in [-0.05, 0) is 26.6 Å². The van der Waals surface area contributed by atoms with Gasteiger partial charge in [0.25, 0.3) is 0 Å². The molecule has 0 heterocycles. The van der Waals surface area contributed by atoms with Gasteiger partial charge in [-0.1, -0.05) is 13.8 Å². The molecule has 5 nitrogen and oxygen atoms in total. The predicted molar refractivity (Wildman–Crippen MR) is 70.0 cm³/mol. The van der Waals surface area contributed by atoms with Crippen LogP contribution in [0, 0.1) is 0 Å². The van der Waals surface area contributed by atoms with E-state index >= 15 is 0 Å². The summed E-state index contributed by atoms with van der Waals surface area (Å²) in [6.07, 6.45) is 1.41. The summed E-state index contributed by atoms with van der Waals surface area (Å²) in [6, 6.07) is 0. The molecule has 17 heavy (non-hydrogen) atoms. The number of carbonyl (C=O) groups excluding carboxylic acids is 1. The summed E-state index contributed by atoms with van der Waals surface area (Å²) in [5, 5.41) is 12.9. The zero-order valence-electron chi connectivity index (χ0n) is 11.4. The van der Waals surface area contributed by atoms with E-state index in [0.29, 0.717) is 19.6 Å². The van der Waals surface area contributed by atoms with Crippen LogP contribution in [0.3, 0.4) is 0 Å². The highest BCUT2D eigenvalue weighted by Gasteiger charge is 2.13. The minimum absolute atomic E-state index is 0.408. The third kappa shape index (κ3) is 8.12. The summed E-state index contributed by atoms with van der Waals surface area (Å²) in [4.78, 5) is 14.6. The van der Waals surface area contributed by atoms with Crippen molar-refractivity contribution >= 4 is 6.41 Å². The molecule has 0 rings (SSSR count). The van der Waals surface area contributed by atoms with Crippen LogP contribution in [0.1, 0.15) is 20.3 Å². The van der Waals surface area contributed by atoms with Gasteiger partial charge in [-0.2, -0.15) is 0 Å². The standard InChI is InChI=1S/C12H27N3O2/c1-4-7-14(5-2)9-12(17)10-15(11-16)8-6-13-3/h11-13,17H,4-10H2,1-3H3. The van der Waals surface area contributed by atoms with Gasteiger partial charge in [-0.15, -0.1) is 0 Å². The molecule has 0 aliphatic rings. The Bertz CT molecular complexity index is 191. The fourth-order valence-electron chi connectivity index (χ4n) is 1.76. The van der Waals surface area contributed by atoms with Crippen LogP contribution in [0.15, 0.2) is 0 Å². The molecule has 0 aromatic heterocycles. The molecule has 0 aliphatic carbocycles. The highest BCUT2D eigenvalue weighted by molar-refractivity contribution is 5.47. The van der Waals surface area contributed by atoms with E-state index in [1.54, 1.807) is 4.90 Å². The third-order valence-corrected chi connectivity index (χ3v) is 2.70. The van der Waals surface area contributed by atoms with Crippen molar-refractivity contribution < 1.29 is 9.90 Å². The molecule has 0 aliphatic heterocycles. The average molecular weight is 245 g/mol. The molecule has 0 aromatic rings. The first kappa shape index (κ1) is 16.4. The maximum atomic E-state index is 10.8. The number of nitrogens with one attached hydrogen (secondary N) is 1. The summed E-state index contributed by atoms with van der Waals surface area (Å²) < 4.78 is 0. The molecule has 102 valence electrons. The molecule has 0 radical (unpaired) electrons.